The third kappa shape index (κ3) is 2.73. The summed E-state index contributed by atoms with van der Waals surface area (Å²) in [6.45, 7) is 0.335. The Balaban J connectivity index is 2.11. The Bertz CT molecular complexity index is 622. The number of nitrogens with one attached hydrogen (secondary N) is 2. The highest BCUT2D eigenvalue weighted by atomic mass is 16.4. The highest BCUT2D eigenvalue weighted by Crippen LogP contribution is 2.06. The molecular weight excluding hydrogens is 234 g/mol. The second-order valence-electron chi connectivity index (χ2n) is 3.63. The van der Waals surface area contributed by atoms with E-state index in [1.165, 1.54) is 18.5 Å². The predicted molar refractivity (Wildman–Crippen MR) is 65.6 cm³/mol. The molecule has 0 fully saturated rings. The number of rotatable bonds is 4. The second kappa shape index (κ2) is 5.13. The molecule has 1 heterocycles. The van der Waals surface area contributed by atoms with E-state index in [1.807, 2.05) is 0 Å². The summed E-state index contributed by atoms with van der Waals surface area (Å²) in [5, 5.41) is 11.7. The molecule has 0 aliphatic carbocycles. The fourth-order valence-electron chi connectivity index (χ4n) is 1.48. The van der Waals surface area contributed by atoms with Crippen molar-refractivity contribution < 1.29 is 9.90 Å². The molecule has 0 radical (unpaired) electrons. The summed E-state index contributed by atoms with van der Waals surface area (Å²) in [5.41, 5.74) is 0.663. The zero-order chi connectivity index (χ0) is 13.0. The normalized spacial score (nSPS) is 10.0. The Kier molecular flexibility index (Phi) is 3.38. The number of aromatic amines is 1. The maximum atomic E-state index is 11.3. The van der Waals surface area contributed by atoms with Crippen molar-refractivity contribution in [2.45, 2.75) is 6.54 Å². The van der Waals surface area contributed by atoms with Gasteiger partial charge >= 0.3 is 5.97 Å². The van der Waals surface area contributed by atoms with Gasteiger partial charge in [-0.3, -0.25) is 4.79 Å². The quantitative estimate of drug-likeness (QED) is 0.749. The van der Waals surface area contributed by atoms with Crippen molar-refractivity contribution >= 4 is 11.8 Å². The Morgan fingerprint density at radius 1 is 1.44 bits per heavy atom. The van der Waals surface area contributed by atoms with Gasteiger partial charge in [-0.1, -0.05) is 12.1 Å². The van der Waals surface area contributed by atoms with Crippen molar-refractivity contribution in [2.75, 3.05) is 5.32 Å². The van der Waals surface area contributed by atoms with Crippen molar-refractivity contribution in [1.29, 1.82) is 0 Å². The first-order chi connectivity index (χ1) is 8.66. The summed E-state index contributed by atoms with van der Waals surface area (Å²) >= 11 is 0. The van der Waals surface area contributed by atoms with Gasteiger partial charge < -0.3 is 15.4 Å². The first-order valence-corrected chi connectivity index (χ1v) is 5.26. The van der Waals surface area contributed by atoms with Gasteiger partial charge in [0.15, 0.2) is 5.82 Å². The molecule has 3 N–H and O–H groups in total. The fraction of sp³-hybridized carbons (Fsp3) is 0.0833. The van der Waals surface area contributed by atoms with E-state index >= 15 is 0 Å². The molecule has 0 saturated carbocycles. The molecular formula is C12H11N3O3. The largest absolute Gasteiger partial charge is 0.478 e. The lowest BCUT2D eigenvalue weighted by Crippen LogP contribution is -2.15. The maximum absolute atomic E-state index is 11.3. The van der Waals surface area contributed by atoms with Gasteiger partial charge in [-0.25, -0.2) is 9.78 Å². The fourth-order valence-corrected chi connectivity index (χ4v) is 1.48. The Hall–Kier alpha value is -2.63. The van der Waals surface area contributed by atoms with Crippen LogP contribution in [0.3, 0.4) is 0 Å². The van der Waals surface area contributed by atoms with Crippen LogP contribution in [0.25, 0.3) is 0 Å². The van der Waals surface area contributed by atoms with Gasteiger partial charge in [-0.05, 0) is 17.7 Å². The minimum atomic E-state index is -0.979. The molecule has 6 heteroatoms. The van der Waals surface area contributed by atoms with Crippen LogP contribution in [0.5, 0.6) is 0 Å². The van der Waals surface area contributed by atoms with E-state index in [9.17, 15) is 9.59 Å². The van der Waals surface area contributed by atoms with Crippen LogP contribution in [0.2, 0.25) is 0 Å². The molecule has 0 saturated heterocycles. The number of aromatic nitrogens is 2. The SMILES string of the molecule is O=C(O)c1cccc(CNc2ncc[nH]c2=O)c1. The number of aromatic carboxylic acids is 1. The van der Waals surface area contributed by atoms with Crippen LogP contribution in [-0.2, 0) is 6.54 Å². The monoisotopic (exact) mass is 245 g/mol. The molecule has 1 aromatic heterocycles. The summed E-state index contributed by atoms with van der Waals surface area (Å²) in [5.74, 6) is -0.772. The number of hydrogen-bond acceptors (Lipinski definition) is 4. The van der Waals surface area contributed by atoms with Gasteiger partial charge in [0, 0.05) is 18.9 Å². The van der Waals surface area contributed by atoms with Crippen LogP contribution < -0.4 is 10.9 Å². The highest BCUT2D eigenvalue weighted by Gasteiger charge is 2.04. The third-order valence-corrected chi connectivity index (χ3v) is 2.34. The zero-order valence-electron chi connectivity index (χ0n) is 9.38. The highest BCUT2D eigenvalue weighted by molar-refractivity contribution is 5.87. The lowest BCUT2D eigenvalue weighted by atomic mass is 10.1. The number of benzene rings is 1. The molecule has 0 aliphatic heterocycles. The number of nitrogens with zero attached hydrogens (tertiary/aromatic N) is 1. The van der Waals surface area contributed by atoms with Gasteiger partial charge in [0.25, 0.3) is 5.56 Å². The van der Waals surface area contributed by atoms with Crippen molar-refractivity contribution in [3.63, 3.8) is 0 Å². The molecule has 0 unspecified atom stereocenters. The summed E-state index contributed by atoms with van der Waals surface area (Å²) in [4.78, 5) is 28.5. The first kappa shape index (κ1) is 11.8. The molecule has 2 rings (SSSR count). The van der Waals surface area contributed by atoms with Crippen LogP contribution in [0, 0.1) is 0 Å². The van der Waals surface area contributed by atoms with E-state index in [0.717, 1.165) is 5.56 Å². The van der Waals surface area contributed by atoms with E-state index < -0.39 is 5.97 Å². The summed E-state index contributed by atoms with van der Waals surface area (Å²) < 4.78 is 0. The van der Waals surface area contributed by atoms with Gasteiger partial charge in [0.05, 0.1) is 5.56 Å². The average Bonchev–Trinajstić information content (AvgIpc) is 2.38. The number of carboxylic acids is 1. The van der Waals surface area contributed by atoms with Gasteiger partial charge in [0.1, 0.15) is 0 Å². The standard InChI is InChI=1S/C12H11N3O3/c16-11-10(13-4-5-14-11)15-7-8-2-1-3-9(6-8)12(17)18/h1-6H,7H2,(H,13,15)(H,14,16)(H,17,18). The molecule has 1 aromatic carbocycles. The minimum absolute atomic E-state index is 0.207. The van der Waals surface area contributed by atoms with Crippen LogP contribution in [0.4, 0.5) is 5.82 Å². The third-order valence-electron chi connectivity index (χ3n) is 2.34. The Morgan fingerprint density at radius 2 is 2.28 bits per heavy atom. The number of hydrogen-bond donors (Lipinski definition) is 3. The van der Waals surface area contributed by atoms with Gasteiger partial charge in [-0.2, -0.15) is 0 Å². The lowest BCUT2D eigenvalue weighted by Gasteiger charge is -2.05. The molecule has 0 atom stereocenters. The summed E-state index contributed by atoms with van der Waals surface area (Å²) in [7, 11) is 0. The number of carbonyl (C=O) groups is 1. The average molecular weight is 245 g/mol. The van der Waals surface area contributed by atoms with E-state index in [1.54, 1.807) is 18.2 Å². The van der Waals surface area contributed by atoms with Crippen molar-refractivity contribution in [2.24, 2.45) is 0 Å². The second-order valence-corrected chi connectivity index (χ2v) is 3.63. The van der Waals surface area contributed by atoms with E-state index in [-0.39, 0.29) is 16.9 Å². The van der Waals surface area contributed by atoms with Crippen molar-refractivity contribution in [3.8, 4) is 0 Å². The molecule has 0 bridgehead atoms. The molecule has 18 heavy (non-hydrogen) atoms. The molecule has 0 spiro atoms. The molecule has 0 amide bonds. The maximum Gasteiger partial charge on any atom is 0.335 e. The topological polar surface area (TPSA) is 95.1 Å². The predicted octanol–water partition coefficient (Wildman–Crippen LogP) is 1.08. The molecule has 92 valence electrons. The smallest absolute Gasteiger partial charge is 0.335 e. The Morgan fingerprint density at radius 3 is 3.00 bits per heavy atom. The van der Waals surface area contributed by atoms with Gasteiger partial charge in [-0.15, -0.1) is 0 Å². The first-order valence-electron chi connectivity index (χ1n) is 5.26. The Labute approximate surface area is 102 Å². The van der Waals surface area contributed by atoms with Crippen LogP contribution in [0.15, 0.2) is 41.5 Å². The summed E-state index contributed by atoms with van der Waals surface area (Å²) in [6, 6.07) is 6.49. The molecule has 2 aromatic rings. The van der Waals surface area contributed by atoms with E-state index in [4.69, 9.17) is 5.11 Å². The van der Waals surface area contributed by atoms with Crippen LogP contribution in [-0.4, -0.2) is 21.0 Å². The number of H-pyrrole nitrogens is 1. The van der Waals surface area contributed by atoms with Crippen molar-refractivity contribution in [3.05, 3.63) is 58.1 Å². The van der Waals surface area contributed by atoms with Crippen LogP contribution in [0.1, 0.15) is 15.9 Å². The van der Waals surface area contributed by atoms with Crippen molar-refractivity contribution in [1.82, 2.24) is 9.97 Å². The van der Waals surface area contributed by atoms with E-state index in [0.29, 0.717) is 6.54 Å². The minimum Gasteiger partial charge on any atom is -0.478 e. The van der Waals surface area contributed by atoms with E-state index in [2.05, 4.69) is 15.3 Å². The number of anilines is 1. The number of carboxylic acid groups (broad SMARTS) is 1. The molecule has 0 aliphatic rings. The zero-order valence-corrected chi connectivity index (χ0v) is 9.38. The lowest BCUT2D eigenvalue weighted by molar-refractivity contribution is 0.0697. The molecule has 6 nitrogen and oxygen atoms in total. The van der Waals surface area contributed by atoms with Gasteiger partial charge in [0.2, 0.25) is 0 Å². The van der Waals surface area contributed by atoms with Crippen LogP contribution >= 0.6 is 0 Å². The summed E-state index contributed by atoms with van der Waals surface area (Å²) in [6.07, 6.45) is 2.91.